The summed E-state index contributed by atoms with van der Waals surface area (Å²) >= 11 is 0. The number of rotatable bonds is 7. The number of carboxylic acids is 1. The van der Waals surface area contributed by atoms with Crippen molar-refractivity contribution in [1.29, 1.82) is 0 Å². The first kappa shape index (κ1) is 20.5. The van der Waals surface area contributed by atoms with E-state index in [9.17, 15) is 14.7 Å². The van der Waals surface area contributed by atoms with Gasteiger partial charge in [0.1, 0.15) is 6.61 Å². The summed E-state index contributed by atoms with van der Waals surface area (Å²) in [6.45, 7) is 4.44. The first-order chi connectivity index (χ1) is 14.4. The van der Waals surface area contributed by atoms with Crippen LogP contribution in [-0.4, -0.2) is 29.8 Å². The fourth-order valence-corrected chi connectivity index (χ4v) is 5.27. The van der Waals surface area contributed by atoms with E-state index >= 15 is 0 Å². The Kier molecular flexibility index (Phi) is 5.54. The van der Waals surface area contributed by atoms with Crippen molar-refractivity contribution in [2.75, 3.05) is 6.61 Å². The average Bonchev–Trinajstić information content (AvgIpc) is 2.98. The minimum atomic E-state index is -0.897. The number of ether oxygens (including phenoxy) is 1. The fourth-order valence-electron chi connectivity index (χ4n) is 5.27. The van der Waals surface area contributed by atoms with E-state index in [0.717, 1.165) is 30.4 Å². The molecule has 0 spiro atoms. The van der Waals surface area contributed by atoms with E-state index in [1.54, 1.807) is 0 Å². The zero-order valence-corrected chi connectivity index (χ0v) is 17.6. The van der Waals surface area contributed by atoms with E-state index in [1.807, 2.05) is 24.3 Å². The molecule has 1 amide bonds. The van der Waals surface area contributed by atoms with Crippen molar-refractivity contribution < 1.29 is 19.4 Å². The van der Waals surface area contributed by atoms with Crippen LogP contribution in [0.25, 0.3) is 11.1 Å². The Morgan fingerprint density at radius 2 is 1.63 bits per heavy atom. The van der Waals surface area contributed by atoms with Crippen LogP contribution in [0.3, 0.4) is 0 Å². The zero-order valence-electron chi connectivity index (χ0n) is 17.6. The van der Waals surface area contributed by atoms with Gasteiger partial charge in [0.25, 0.3) is 0 Å². The van der Waals surface area contributed by atoms with Crippen molar-refractivity contribution in [2.45, 2.75) is 51.5 Å². The van der Waals surface area contributed by atoms with Crippen LogP contribution in [0.1, 0.15) is 56.6 Å². The SMILES string of the molecule is CC(C)C1(C(CC(=O)O)NC(=O)OCC2c3ccccc3-c3ccccc32)CCC1. The van der Waals surface area contributed by atoms with Gasteiger partial charge in [0.05, 0.1) is 6.42 Å². The molecule has 2 aliphatic carbocycles. The van der Waals surface area contributed by atoms with Crippen LogP contribution in [0.4, 0.5) is 4.79 Å². The predicted molar refractivity (Wildman–Crippen MR) is 115 cm³/mol. The van der Waals surface area contributed by atoms with Crippen molar-refractivity contribution in [3.63, 3.8) is 0 Å². The number of hydrogen-bond donors (Lipinski definition) is 2. The Bertz CT molecular complexity index is 902. The minimum Gasteiger partial charge on any atom is -0.481 e. The molecule has 0 bridgehead atoms. The molecule has 30 heavy (non-hydrogen) atoms. The third kappa shape index (κ3) is 3.57. The average molecular weight is 408 g/mol. The van der Waals surface area contributed by atoms with Crippen LogP contribution in [0.15, 0.2) is 48.5 Å². The lowest BCUT2D eigenvalue weighted by Crippen LogP contribution is -2.55. The Morgan fingerprint density at radius 3 is 2.10 bits per heavy atom. The molecule has 1 fully saturated rings. The summed E-state index contributed by atoms with van der Waals surface area (Å²) in [4.78, 5) is 24.1. The number of carboxylic acid groups (broad SMARTS) is 1. The van der Waals surface area contributed by atoms with Gasteiger partial charge < -0.3 is 15.2 Å². The van der Waals surface area contributed by atoms with Crippen molar-refractivity contribution in [3.05, 3.63) is 59.7 Å². The number of benzene rings is 2. The number of hydrogen-bond acceptors (Lipinski definition) is 3. The number of alkyl carbamates (subject to hydrolysis) is 1. The van der Waals surface area contributed by atoms with Crippen LogP contribution in [0, 0.1) is 11.3 Å². The minimum absolute atomic E-state index is 0.0103. The quantitative estimate of drug-likeness (QED) is 0.662. The number of fused-ring (bicyclic) bond motifs is 3. The molecule has 5 nitrogen and oxygen atoms in total. The molecule has 0 saturated heterocycles. The molecule has 0 heterocycles. The zero-order chi connectivity index (χ0) is 21.3. The van der Waals surface area contributed by atoms with Gasteiger partial charge >= 0.3 is 12.1 Å². The van der Waals surface area contributed by atoms with Gasteiger partial charge in [-0.05, 0) is 46.4 Å². The summed E-state index contributed by atoms with van der Waals surface area (Å²) in [5, 5.41) is 12.3. The normalized spacial score (nSPS) is 17.6. The van der Waals surface area contributed by atoms with Gasteiger partial charge in [-0.2, -0.15) is 0 Å². The van der Waals surface area contributed by atoms with E-state index in [2.05, 4.69) is 43.4 Å². The molecule has 1 saturated carbocycles. The van der Waals surface area contributed by atoms with E-state index in [1.165, 1.54) is 11.1 Å². The first-order valence-corrected chi connectivity index (χ1v) is 10.8. The molecule has 0 aromatic heterocycles. The maximum Gasteiger partial charge on any atom is 0.407 e. The van der Waals surface area contributed by atoms with Crippen molar-refractivity contribution in [3.8, 4) is 11.1 Å². The van der Waals surface area contributed by atoms with Crippen LogP contribution < -0.4 is 5.32 Å². The number of amides is 1. The number of nitrogens with one attached hydrogen (secondary N) is 1. The van der Waals surface area contributed by atoms with E-state index < -0.39 is 18.1 Å². The highest BCUT2D eigenvalue weighted by molar-refractivity contribution is 5.79. The number of aliphatic carboxylic acids is 1. The highest BCUT2D eigenvalue weighted by atomic mass is 16.5. The van der Waals surface area contributed by atoms with Gasteiger partial charge in [0, 0.05) is 12.0 Å². The van der Waals surface area contributed by atoms with Gasteiger partial charge in [-0.1, -0.05) is 68.8 Å². The van der Waals surface area contributed by atoms with E-state index in [4.69, 9.17) is 4.74 Å². The first-order valence-electron chi connectivity index (χ1n) is 10.8. The summed E-state index contributed by atoms with van der Waals surface area (Å²) in [5.74, 6) is -0.612. The molecule has 1 atom stereocenters. The van der Waals surface area contributed by atoms with Crippen molar-refractivity contribution in [1.82, 2.24) is 5.32 Å². The Balaban J connectivity index is 1.47. The van der Waals surface area contributed by atoms with Gasteiger partial charge in [-0.15, -0.1) is 0 Å². The molecule has 5 heteroatoms. The molecule has 158 valence electrons. The Morgan fingerprint density at radius 1 is 1.07 bits per heavy atom. The monoisotopic (exact) mass is 407 g/mol. The summed E-state index contributed by atoms with van der Waals surface area (Å²) < 4.78 is 5.65. The lowest BCUT2D eigenvalue weighted by Gasteiger charge is -2.50. The van der Waals surface area contributed by atoms with Gasteiger partial charge in [-0.3, -0.25) is 4.79 Å². The maximum atomic E-state index is 12.7. The van der Waals surface area contributed by atoms with Crippen LogP contribution in [-0.2, 0) is 9.53 Å². The van der Waals surface area contributed by atoms with Gasteiger partial charge in [-0.25, -0.2) is 4.79 Å². The van der Waals surface area contributed by atoms with Crippen LogP contribution in [0.2, 0.25) is 0 Å². The molecular weight excluding hydrogens is 378 g/mol. The molecule has 2 aliphatic rings. The number of carbonyl (C=O) groups excluding carboxylic acids is 1. The van der Waals surface area contributed by atoms with E-state index in [0.29, 0.717) is 5.92 Å². The highest BCUT2D eigenvalue weighted by Gasteiger charge is 2.48. The van der Waals surface area contributed by atoms with Gasteiger partial charge in [0.15, 0.2) is 0 Å². The summed E-state index contributed by atoms with van der Waals surface area (Å²) in [7, 11) is 0. The summed E-state index contributed by atoms with van der Waals surface area (Å²) in [5.41, 5.74) is 4.51. The van der Waals surface area contributed by atoms with E-state index in [-0.39, 0.29) is 24.4 Å². The van der Waals surface area contributed by atoms with Crippen LogP contribution in [0.5, 0.6) is 0 Å². The summed E-state index contributed by atoms with van der Waals surface area (Å²) in [6, 6.07) is 16.0. The molecule has 2 aromatic carbocycles. The second-order valence-electron chi connectivity index (χ2n) is 8.86. The molecule has 0 aliphatic heterocycles. The Hall–Kier alpha value is -2.82. The van der Waals surface area contributed by atoms with Crippen molar-refractivity contribution >= 4 is 12.1 Å². The highest BCUT2D eigenvalue weighted by Crippen LogP contribution is 2.50. The molecule has 1 unspecified atom stereocenters. The molecule has 2 N–H and O–H groups in total. The lowest BCUT2D eigenvalue weighted by molar-refractivity contribution is -0.139. The smallest absolute Gasteiger partial charge is 0.407 e. The lowest BCUT2D eigenvalue weighted by atomic mass is 9.57. The van der Waals surface area contributed by atoms with Gasteiger partial charge in [0.2, 0.25) is 0 Å². The predicted octanol–water partition coefficient (Wildman–Crippen LogP) is 5.19. The fraction of sp³-hybridized carbons (Fsp3) is 0.440. The molecule has 2 aromatic rings. The standard InChI is InChI=1S/C25H29NO4/c1-16(2)25(12-7-13-25)22(14-23(27)28)26-24(29)30-15-21-19-10-5-3-8-17(19)18-9-4-6-11-20(18)21/h3-6,8-11,16,21-22H,7,12-15H2,1-2H3,(H,26,29)(H,27,28). The molecule has 4 rings (SSSR count). The Labute approximate surface area is 177 Å². The molecule has 0 radical (unpaired) electrons. The second kappa shape index (κ2) is 8.13. The number of carbonyl (C=O) groups is 2. The van der Waals surface area contributed by atoms with Crippen LogP contribution >= 0.6 is 0 Å². The third-order valence-corrected chi connectivity index (χ3v) is 7.14. The summed E-state index contributed by atoms with van der Waals surface area (Å²) in [6.07, 6.45) is 2.33. The topological polar surface area (TPSA) is 75.6 Å². The maximum absolute atomic E-state index is 12.7. The third-order valence-electron chi connectivity index (χ3n) is 7.14. The van der Waals surface area contributed by atoms with Crippen molar-refractivity contribution in [2.24, 2.45) is 11.3 Å². The largest absolute Gasteiger partial charge is 0.481 e. The molecular formula is C25H29NO4. The second-order valence-corrected chi connectivity index (χ2v) is 8.86.